The molecule has 0 unspecified atom stereocenters. The summed E-state index contributed by atoms with van der Waals surface area (Å²) >= 11 is 0. The van der Waals surface area contributed by atoms with E-state index in [4.69, 9.17) is 0 Å². The fourth-order valence-electron chi connectivity index (χ4n) is 2.27. The Bertz CT molecular complexity index is 748. The second kappa shape index (κ2) is 8.34. The number of imidazole rings is 1. The van der Waals surface area contributed by atoms with Gasteiger partial charge in [-0.3, -0.25) is 19.1 Å². The summed E-state index contributed by atoms with van der Waals surface area (Å²) in [5, 5.41) is 5.32. The first kappa shape index (κ1) is 18.5. The van der Waals surface area contributed by atoms with Gasteiger partial charge in [-0.05, 0) is 25.2 Å². The van der Waals surface area contributed by atoms with Gasteiger partial charge in [0.15, 0.2) is 0 Å². The van der Waals surface area contributed by atoms with Crippen LogP contribution in [-0.2, 0) is 16.1 Å². The number of halogens is 2. The number of amides is 2. The highest BCUT2D eigenvalue weighted by atomic mass is 19.3. The number of hydrogen-bond donors (Lipinski definition) is 2. The lowest BCUT2D eigenvalue weighted by molar-refractivity contribution is -0.117. The molecule has 1 heterocycles. The summed E-state index contributed by atoms with van der Waals surface area (Å²) in [6, 6.07) is 6.72. The lowest BCUT2D eigenvalue weighted by Crippen LogP contribution is -2.30. The van der Waals surface area contributed by atoms with Gasteiger partial charge in [0, 0.05) is 30.7 Å². The maximum Gasteiger partial charge on any atom is 0.319 e. The lowest BCUT2D eigenvalue weighted by Gasteiger charge is -2.17. The van der Waals surface area contributed by atoms with Gasteiger partial charge in [-0.15, -0.1) is 0 Å². The largest absolute Gasteiger partial charge is 0.326 e. The van der Waals surface area contributed by atoms with Crippen LogP contribution >= 0.6 is 0 Å². The Balaban J connectivity index is 1.91. The van der Waals surface area contributed by atoms with Crippen LogP contribution < -0.4 is 10.6 Å². The molecule has 0 aliphatic carbocycles. The summed E-state index contributed by atoms with van der Waals surface area (Å²) in [4.78, 5) is 28.6. The van der Waals surface area contributed by atoms with Gasteiger partial charge in [-0.25, -0.2) is 4.98 Å². The molecular weight excluding hydrogens is 332 g/mol. The number of carbonyl (C=O) groups is 2. The average molecular weight is 351 g/mol. The van der Waals surface area contributed by atoms with Crippen LogP contribution in [0.5, 0.6) is 0 Å². The van der Waals surface area contributed by atoms with Crippen molar-refractivity contribution in [1.82, 2.24) is 14.5 Å². The second-order valence-electron chi connectivity index (χ2n) is 5.51. The maximum atomic E-state index is 12.8. The predicted octanol–water partition coefficient (Wildman–Crippen LogP) is 2.31. The maximum absolute atomic E-state index is 12.8. The molecule has 1 aromatic heterocycles. The molecular formula is C16H19F2N5O2. The lowest BCUT2D eigenvalue weighted by atomic mass is 10.2. The number of alkyl halides is 2. The third-order valence-corrected chi connectivity index (χ3v) is 3.25. The smallest absolute Gasteiger partial charge is 0.319 e. The zero-order valence-electron chi connectivity index (χ0n) is 13.9. The van der Waals surface area contributed by atoms with Crippen molar-refractivity contribution in [1.29, 1.82) is 0 Å². The average Bonchev–Trinajstić information content (AvgIpc) is 2.94. The first-order valence-corrected chi connectivity index (χ1v) is 7.51. The predicted molar refractivity (Wildman–Crippen MR) is 89.2 cm³/mol. The van der Waals surface area contributed by atoms with Crippen LogP contribution in [0.4, 0.5) is 20.2 Å². The molecule has 1 aromatic carbocycles. The summed E-state index contributed by atoms with van der Waals surface area (Å²) in [5.41, 5.74) is 1.09. The van der Waals surface area contributed by atoms with Crippen molar-refractivity contribution in [2.75, 3.05) is 24.2 Å². The Morgan fingerprint density at radius 2 is 1.96 bits per heavy atom. The van der Waals surface area contributed by atoms with Gasteiger partial charge in [0.1, 0.15) is 5.82 Å². The normalized spacial score (nSPS) is 11.0. The van der Waals surface area contributed by atoms with Gasteiger partial charge in [-0.1, -0.05) is 6.07 Å². The number of aromatic nitrogens is 2. The summed E-state index contributed by atoms with van der Waals surface area (Å²) < 4.78 is 26.3. The van der Waals surface area contributed by atoms with Crippen molar-refractivity contribution in [3.8, 4) is 0 Å². The molecule has 0 aliphatic heterocycles. The molecule has 0 atom stereocenters. The van der Waals surface area contributed by atoms with Crippen molar-refractivity contribution in [3.63, 3.8) is 0 Å². The number of nitrogens with zero attached hydrogens (tertiary/aromatic N) is 3. The number of rotatable bonds is 7. The van der Waals surface area contributed by atoms with E-state index in [0.717, 1.165) is 4.57 Å². The quantitative estimate of drug-likeness (QED) is 0.802. The van der Waals surface area contributed by atoms with Crippen LogP contribution in [0.15, 0.2) is 36.7 Å². The first-order chi connectivity index (χ1) is 11.8. The zero-order valence-corrected chi connectivity index (χ0v) is 13.9. The van der Waals surface area contributed by atoms with Gasteiger partial charge in [0.05, 0.1) is 13.1 Å². The highest BCUT2D eigenvalue weighted by molar-refractivity contribution is 5.94. The molecule has 0 bridgehead atoms. The molecule has 0 saturated heterocycles. The monoisotopic (exact) mass is 351 g/mol. The molecule has 2 aromatic rings. The summed E-state index contributed by atoms with van der Waals surface area (Å²) in [6.45, 7) is -1.17. The van der Waals surface area contributed by atoms with Crippen LogP contribution in [0.3, 0.4) is 0 Å². The SMILES string of the molecule is CC(=O)Nc1cccc(NC(=O)CN(C)Cc2nccn2C(F)F)c1. The number of carbonyl (C=O) groups excluding carboxylic acids is 2. The second-order valence-corrected chi connectivity index (χ2v) is 5.51. The Hall–Kier alpha value is -2.81. The van der Waals surface area contributed by atoms with Crippen LogP contribution in [-0.4, -0.2) is 39.9 Å². The zero-order chi connectivity index (χ0) is 18.4. The Labute approximate surface area is 143 Å². The summed E-state index contributed by atoms with van der Waals surface area (Å²) in [7, 11) is 1.64. The van der Waals surface area contributed by atoms with Crippen LogP contribution in [0.1, 0.15) is 19.3 Å². The van der Waals surface area contributed by atoms with Gasteiger partial charge < -0.3 is 10.6 Å². The number of nitrogens with one attached hydrogen (secondary N) is 2. The molecule has 25 heavy (non-hydrogen) atoms. The fourth-order valence-corrected chi connectivity index (χ4v) is 2.27. The van der Waals surface area contributed by atoms with E-state index in [2.05, 4.69) is 15.6 Å². The number of benzene rings is 1. The third-order valence-electron chi connectivity index (χ3n) is 3.25. The van der Waals surface area contributed by atoms with E-state index in [1.165, 1.54) is 19.3 Å². The van der Waals surface area contributed by atoms with E-state index in [9.17, 15) is 18.4 Å². The molecule has 9 heteroatoms. The topological polar surface area (TPSA) is 79.3 Å². The van der Waals surface area contributed by atoms with Gasteiger partial charge >= 0.3 is 6.55 Å². The highest BCUT2D eigenvalue weighted by Gasteiger charge is 2.14. The Morgan fingerprint density at radius 1 is 1.28 bits per heavy atom. The molecule has 134 valence electrons. The minimum atomic E-state index is -2.67. The van der Waals surface area contributed by atoms with Gasteiger partial charge in [0.2, 0.25) is 11.8 Å². The molecule has 0 aliphatic rings. The van der Waals surface area contributed by atoms with Crippen molar-refractivity contribution >= 4 is 23.2 Å². The van der Waals surface area contributed by atoms with E-state index >= 15 is 0 Å². The number of hydrogen-bond acceptors (Lipinski definition) is 4. The van der Waals surface area contributed by atoms with Crippen LogP contribution in [0, 0.1) is 0 Å². The minimum Gasteiger partial charge on any atom is -0.326 e. The van der Waals surface area contributed by atoms with Crippen molar-refractivity contribution < 1.29 is 18.4 Å². The van der Waals surface area contributed by atoms with Crippen molar-refractivity contribution in [3.05, 3.63) is 42.5 Å². The standard InChI is InChI=1S/C16H19F2N5O2/c1-11(24)20-12-4-3-5-13(8-12)21-15(25)10-22(2)9-14-19-6-7-23(14)16(17)18/h3-8,16H,9-10H2,1-2H3,(H,20,24)(H,21,25). The highest BCUT2D eigenvalue weighted by Crippen LogP contribution is 2.16. The first-order valence-electron chi connectivity index (χ1n) is 7.51. The molecule has 2 amide bonds. The minimum absolute atomic E-state index is 0.000459. The fraction of sp³-hybridized carbons (Fsp3) is 0.312. The van der Waals surface area contributed by atoms with Crippen molar-refractivity contribution in [2.24, 2.45) is 0 Å². The molecule has 0 spiro atoms. The van der Waals surface area contributed by atoms with Crippen LogP contribution in [0.25, 0.3) is 0 Å². The Kier molecular flexibility index (Phi) is 6.18. The molecule has 2 rings (SSSR count). The van der Waals surface area contributed by atoms with E-state index in [1.807, 2.05) is 0 Å². The van der Waals surface area contributed by atoms with E-state index in [-0.39, 0.29) is 30.7 Å². The molecule has 0 fully saturated rings. The molecule has 7 nitrogen and oxygen atoms in total. The van der Waals surface area contributed by atoms with Gasteiger partial charge in [-0.2, -0.15) is 8.78 Å². The van der Waals surface area contributed by atoms with Gasteiger partial charge in [0.25, 0.3) is 0 Å². The number of likely N-dealkylation sites (N-methyl/N-ethyl adjacent to an activating group) is 1. The van der Waals surface area contributed by atoms with Crippen LogP contribution in [0.2, 0.25) is 0 Å². The third kappa shape index (κ3) is 5.64. The van der Waals surface area contributed by atoms with E-state index < -0.39 is 6.55 Å². The molecule has 0 radical (unpaired) electrons. The molecule has 2 N–H and O–H groups in total. The van der Waals surface area contributed by atoms with E-state index in [0.29, 0.717) is 11.4 Å². The molecule has 0 saturated carbocycles. The van der Waals surface area contributed by atoms with Crippen molar-refractivity contribution in [2.45, 2.75) is 20.0 Å². The number of anilines is 2. The summed E-state index contributed by atoms with van der Waals surface area (Å²) in [6.07, 6.45) is 2.49. The summed E-state index contributed by atoms with van der Waals surface area (Å²) in [5.74, 6) is -0.340. The van der Waals surface area contributed by atoms with E-state index in [1.54, 1.807) is 36.2 Å². The Morgan fingerprint density at radius 3 is 2.60 bits per heavy atom.